The molecule has 5 nitrogen and oxygen atoms in total. The van der Waals surface area contributed by atoms with Gasteiger partial charge in [-0.25, -0.2) is 0 Å². The number of carbonyl (C=O) groups is 1. The van der Waals surface area contributed by atoms with Gasteiger partial charge in [-0.3, -0.25) is 9.69 Å². The summed E-state index contributed by atoms with van der Waals surface area (Å²) >= 11 is 0. The number of piperidine rings is 1. The molecule has 2 atom stereocenters. The molecular weight excluding hydrogens is 242 g/mol. The average molecular weight is 269 g/mol. The van der Waals surface area contributed by atoms with Crippen molar-refractivity contribution < 1.29 is 9.90 Å². The Balaban J connectivity index is 1.85. The molecule has 0 bridgehead atoms. The highest BCUT2D eigenvalue weighted by Crippen LogP contribution is 2.15. The number of hydrogen-bond acceptors (Lipinski definition) is 4. The van der Waals surface area contributed by atoms with Gasteiger partial charge in [0, 0.05) is 32.2 Å². The summed E-state index contributed by atoms with van der Waals surface area (Å²) in [7, 11) is 0. The van der Waals surface area contributed by atoms with E-state index in [9.17, 15) is 4.79 Å². The highest BCUT2D eigenvalue weighted by Gasteiger charge is 2.29. The van der Waals surface area contributed by atoms with Crippen LogP contribution in [0.25, 0.3) is 0 Å². The van der Waals surface area contributed by atoms with E-state index in [0.29, 0.717) is 6.04 Å². The zero-order valence-corrected chi connectivity index (χ0v) is 12.0. The number of β-amino-alcohol motifs (C(OH)–C–C–N with tert-alkyl or cyclic N) is 1. The van der Waals surface area contributed by atoms with Crippen LogP contribution in [0.4, 0.5) is 0 Å². The highest BCUT2D eigenvalue weighted by molar-refractivity contribution is 5.82. The molecule has 2 rings (SSSR count). The first-order valence-electron chi connectivity index (χ1n) is 7.58. The lowest BCUT2D eigenvalue weighted by Gasteiger charge is -2.32. The minimum atomic E-state index is 0.0214. The maximum atomic E-state index is 12.5. The van der Waals surface area contributed by atoms with Crippen LogP contribution >= 0.6 is 0 Å². The Kier molecular flexibility index (Phi) is 5.60. The van der Waals surface area contributed by atoms with Crippen LogP contribution in [0.3, 0.4) is 0 Å². The second kappa shape index (κ2) is 7.22. The van der Waals surface area contributed by atoms with Crippen molar-refractivity contribution >= 4 is 5.91 Å². The number of rotatable bonds is 3. The lowest BCUT2D eigenvalue weighted by molar-refractivity contribution is -0.134. The number of aliphatic hydroxyl groups is 1. The van der Waals surface area contributed by atoms with Gasteiger partial charge in [-0.1, -0.05) is 0 Å². The summed E-state index contributed by atoms with van der Waals surface area (Å²) in [6.45, 7) is 6.60. The molecule has 5 heteroatoms. The van der Waals surface area contributed by atoms with E-state index in [-0.39, 0.29) is 18.6 Å². The van der Waals surface area contributed by atoms with Crippen molar-refractivity contribution in [3.05, 3.63) is 0 Å². The molecule has 2 heterocycles. The smallest absolute Gasteiger partial charge is 0.239 e. The van der Waals surface area contributed by atoms with E-state index >= 15 is 0 Å². The van der Waals surface area contributed by atoms with E-state index < -0.39 is 0 Å². The third kappa shape index (κ3) is 4.16. The molecule has 1 amide bonds. The van der Waals surface area contributed by atoms with Crippen LogP contribution in [0.15, 0.2) is 0 Å². The van der Waals surface area contributed by atoms with Gasteiger partial charge >= 0.3 is 0 Å². The SMILES string of the molecule is CC1CCCC(C(=O)N2CCCN(CCO)CC2)N1. The van der Waals surface area contributed by atoms with Gasteiger partial charge in [0.05, 0.1) is 12.6 Å². The third-order valence-electron chi connectivity index (χ3n) is 4.23. The minimum absolute atomic E-state index is 0.0214. The van der Waals surface area contributed by atoms with Crippen LogP contribution in [0.5, 0.6) is 0 Å². The molecule has 0 aromatic carbocycles. The molecule has 2 aliphatic heterocycles. The Labute approximate surface area is 115 Å². The van der Waals surface area contributed by atoms with Crippen molar-refractivity contribution in [3.8, 4) is 0 Å². The molecule has 2 fully saturated rings. The number of nitrogens with one attached hydrogen (secondary N) is 1. The maximum Gasteiger partial charge on any atom is 0.239 e. The van der Waals surface area contributed by atoms with Gasteiger partial charge in [0.25, 0.3) is 0 Å². The van der Waals surface area contributed by atoms with Crippen molar-refractivity contribution in [2.75, 3.05) is 39.3 Å². The predicted molar refractivity (Wildman–Crippen MR) is 75.0 cm³/mol. The van der Waals surface area contributed by atoms with Crippen molar-refractivity contribution in [1.29, 1.82) is 0 Å². The van der Waals surface area contributed by atoms with Crippen LogP contribution in [0.1, 0.15) is 32.6 Å². The van der Waals surface area contributed by atoms with Gasteiger partial charge in [0.2, 0.25) is 5.91 Å². The molecule has 2 aliphatic rings. The Hall–Kier alpha value is -0.650. The van der Waals surface area contributed by atoms with E-state index in [0.717, 1.165) is 52.0 Å². The fraction of sp³-hybridized carbons (Fsp3) is 0.929. The summed E-state index contributed by atoms with van der Waals surface area (Å²) in [6.07, 6.45) is 4.30. The monoisotopic (exact) mass is 269 g/mol. The van der Waals surface area contributed by atoms with Crippen LogP contribution < -0.4 is 5.32 Å². The molecule has 0 aromatic heterocycles. The van der Waals surface area contributed by atoms with Gasteiger partial charge in [0.1, 0.15) is 0 Å². The topological polar surface area (TPSA) is 55.8 Å². The fourth-order valence-electron chi connectivity index (χ4n) is 3.11. The largest absolute Gasteiger partial charge is 0.395 e. The van der Waals surface area contributed by atoms with E-state index in [4.69, 9.17) is 5.11 Å². The van der Waals surface area contributed by atoms with Gasteiger partial charge < -0.3 is 15.3 Å². The van der Waals surface area contributed by atoms with E-state index in [2.05, 4.69) is 17.1 Å². The Morgan fingerprint density at radius 1 is 1.21 bits per heavy atom. The second-order valence-corrected chi connectivity index (χ2v) is 5.80. The summed E-state index contributed by atoms with van der Waals surface area (Å²) in [5, 5.41) is 12.4. The van der Waals surface area contributed by atoms with Crippen LogP contribution in [-0.4, -0.2) is 72.2 Å². The summed E-state index contributed by atoms with van der Waals surface area (Å²) < 4.78 is 0. The molecule has 0 radical (unpaired) electrons. The lowest BCUT2D eigenvalue weighted by Crippen LogP contribution is -2.52. The van der Waals surface area contributed by atoms with Crippen molar-refractivity contribution in [2.45, 2.75) is 44.7 Å². The summed E-state index contributed by atoms with van der Waals surface area (Å²) in [5.41, 5.74) is 0. The maximum absolute atomic E-state index is 12.5. The number of carbonyl (C=O) groups excluding carboxylic acids is 1. The zero-order valence-electron chi connectivity index (χ0n) is 12.0. The number of nitrogens with zero attached hydrogens (tertiary/aromatic N) is 2. The highest BCUT2D eigenvalue weighted by atomic mass is 16.3. The minimum Gasteiger partial charge on any atom is -0.395 e. The Morgan fingerprint density at radius 2 is 2.05 bits per heavy atom. The molecule has 110 valence electrons. The van der Waals surface area contributed by atoms with Gasteiger partial charge in [-0.05, 0) is 39.2 Å². The van der Waals surface area contributed by atoms with Crippen LogP contribution in [-0.2, 0) is 4.79 Å². The first kappa shape index (κ1) is 14.8. The van der Waals surface area contributed by atoms with Crippen LogP contribution in [0.2, 0.25) is 0 Å². The van der Waals surface area contributed by atoms with Gasteiger partial charge in [-0.2, -0.15) is 0 Å². The van der Waals surface area contributed by atoms with E-state index in [1.807, 2.05) is 4.90 Å². The fourth-order valence-corrected chi connectivity index (χ4v) is 3.11. The Bertz CT molecular complexity index is 298. The number of aliphatic hydroxyl groups excluding tert-OH is 1. The Morgan fingerprint density at radius 3 is 2.79 bits per heavy atom. The van der Waals surface area contributed by atoms with Gasteiger partial charge in [0.15, 0.2) is 0 Å². The normalized spacial score (nSPS) is 30.1. The molecule has 0 aromatic rings. The van der Waals surface area contributed by atoms with Crippen molar-refractivity contribution in [2.24, 2.45) is 0 Å². The predicted octanol–water partition coefficient (Wildman–Crippen LogP) is 0.0436. The molecule has 2 unspecified atom stereocenters. The van der Waals surface area contributed by atoms with E-state index in [1.54, 1.807) is 0 Å². The molecule has 0 spiro atoms. The number of hydrogen-bond donors (Lipinski definition) is 2. The summed E-state index contributed by atoms with van der Waals surface area (Å²) in [4.78, 5) is 16.8. The van der Waals surface area contributed by atoms with E-state index in [1.165, 1.54) is 6.42 Å². The molecule has 0 saturated carbocycles. The molecule has 2 saturated heterocycles. The number of amides is 1. The summed E-state index contributed by atoms with van der Waals surface area (Å²) in [5.74, 6) is 0.275. The van der Waals surface area contributed by atoms with Crippen LogP contribution in [0, 0.1) is 0 Å². The molecule has 0 aliphatic carbocycles. The average Bonchev–Trinajstić information content (AvgIpc) is 2.64. The van der Waals surface area contributed by atoms with Crippen molar-refractivity contribution in [1.82, 2.24) is 15.1 Å². The molecular formula is C14H27N3O2. The molecule has 19 heavy (non-hydrogen) atoms. The quantitative estimate of drug-likeness (QED) is 0.760. The standard InChI is InChI=1S/C14H27N3O2/c1-12-4-2-5-13(15-12)14(19)17-7-3-6-16(8-9-17)10-11-18/h12-13,15,18H,2-11H2,1H3. The van der Waals surface area contributed by atoms with Crippen molar-refractivity contribution in [3.63, 3.8) is 0 Å². The first-order chi connectivity index (χ1) is 9.20. The molecule has 2 N–H and O–H groups in total. The zero-order chi connectivity index (χ0) is 13.7. The first-order valence-corrected chi connectivity index (χ1v) is 7.58. The third-order valence-corrected chi connectivity index (χ3v) is 4.23. The second-order valence-electron chi connectivity index (χ2n) is 5.80. The lowest BCUT2D eigenvalue weighted by atomic mass is 9.98. The summed E-state index contributed by atoms with van der Waals surface area (Å²) in [6, 6.07) is 0.480. The van der Waals surface area contributed by atoms with Gasteiger partial charge in [-0.15, -0.1) is 0 Å².